The molecule has 0 aliphatic carbocycles. The largest absolute Gasteiger partial charge is 0.497 e. The number of aliphatic hydroxyl groups excluding tert-OH is 1. The topological polar surface area (TPSA) is 87.7 Å². The molecule has 0 aliphatic rings. The quantitative estimate of drug-likeness (QED) is 0.705. The number of amides is 2. The highest BCUT2D eigenvalue weighted by molar-refractivity contribution is 7.10. The van der Waals surface area contributed by atoms with Crippen LogP contribution in [-0.4, -0.2) is 30.6 Å². The fourth-order valence-electron chi connectivity index (χ4n) is 1.89. The average molecular weight is 334 g/mol. The second-order valence-corrected chi connectivity index (χ2v) is 5.74. The van der Waals surface area contributed by atoms with Gasteiger partial charge in [-0.05, 0) is 42.1 Å². The number of methoxy groups -OCH3 is 1. The Morgan fingerprint density at radius 1 is 1.22 bits per heavy atom. The molecule has 2 aromatic rings. The van der Waals surface area contributed by atoms with Crippen molar-refractivity contribution in [2.45, 2.75) is 12.5 Å². The highest BCUT2D eigenvalue weighted by Crippen LogP contribution is 2.20. The lowest BCUT2D eigenvalue weighted by Crippen LogP contribution is -2.36. The molecule has 0 saturated heterocycles. The Bertz CT molecular complexity index is 641. The van der Waals surface area contributed by atoms with E-state index in [4.69, 9.17) is 4.74 Å². The normalized spacial score (nSPS) is 11.6. The SMILES string of the molecule is COc1ccc(NC(=O)C(=O)NCCC(O)c2cccs2)cc1. The second-order valence-electron chi connectivity index (χ2n) is 4.76. The van der Waals surface area contributed by atoms with Gasteiger partial charge in [-0.25, -0.2) is 0 Å². The highest BCUT2D eigenvalue weighted by atomic mass is 32.1. The van der Waals surface area contributed by atoms with Gasteiger partial charge >= 0.3 is 11.8 Å². The number of carbonyl (C=O) groups is 2. The van der Waals surface area contributed by atoms with Crippen LogP contribution in [0.5, 0.6) is 5.75 Å². The number of aliphatic hydroxyl groups is 1. The van der Waals surface area contributed by atoms with E-state index in [-0.39, 0.29) is 6.54 Å². The van der Waals surface area contributed by atoms with Crippen molar-refractivity contribution in [3.05, 3.63) is 46.7 Å². The summed E-state index contributed by atoms with van der Waals surface area (Å²) in [5.41, 5.74) is 0.504. The van der Waals surface area contributed by atoms with Gasteiger partial charge < -0.3 is 20.5 Å². The van der Waals surface area contributed by atoms with Crippen LogP contribution >= 0.6 is 11.3 Å². The minimum Gasteiger partial charge on any atom is -0.497 e. The Labute approximate surface area is 138 Å². The van der Waals surface area contributed by atoms with E-state index < -0.39 is 17.9 Å². The van der Waals surface area contributed by atoms with Crippen molar-refractivity contribution in [1.82, 2.24) is 5.32 Å². The van der Waals surface area contributed by atoms with Gasteiger partial charge in [0.25, 0.3) is 0 Å². The summed E-state index contributed by atoms with van der Waals surface area (Å²) < 4.78 is 5.01. The molecule has 3 N–H and O–H groups in total. The summed E-state index contributed by atoms with van der Waals surface area (Å²) in [4.78, 5) is 24.3. The van der Waals surface area contributed by atoms with Crippen LogP contribution in [0.4, 0.5) is 5.69 Å². The van der Waals surface area contributed by atoms with Gasteiger partial charge in [0, 0.05) is 17.1 Å². The van der Waals surface area contributed by atoms with Crippen molar-refractivity contribution >= 4 is 28.8 Å². The van der Waals surface area contributed by atoms with Gasteiger partial charge in [-0.2, -0.15) is 0 Å². The number of nitrogens with one attached hydrogen (secondary N) is 2. The third kappa shape index (κ3) is 5.08. The molecule has 0 radical (unpaired) electrons. The van der Waals surface area contributed by atoms with Crippen LogP contribution in [0.1, 0.15) is 17.4 Å². The van der Waals surface area contributed by atoms with Crippen LogP contribution in [0, 0.1) is 0 Å². The van der Waals surface area contributed by atoms with Gasteiger partial charge in [0.1, 0.15) is 5.75 Å². The fraction of sp³-hybridized carbons (Fsp3) is 0.250. The molecule has 1 unspecified atom stereocenters. The maximum Gasteiger partial charge on any atom is 0.313 e. The van der Waals surface area contributed by atoms with E-state index in [0.717, 1.165) is 4.88 Å². The lowest BCUT2D eigenvalue weighted by atomic mass is 10.2. The van der Waals surface area contributed by atoms with E-state index in [1.54, 1.807) is 31.4 Å². The van der Waals surface area contributed by atoms with E-state index in [0.29, 0.717) is 17.9 Å². The van der Waals surface area contributed by atoms with Crippen molar-refractivity contribution in [1.29, 1.82) is 0 Å². The number of carbonyl (C=O) groups excluding carboxylic acids is 2. The van der Waals surface area contributed by atoms with E-state index in [1.807, 2.05) is 17.5 Å². The van der Waals surface area contributed by atoms with Gasteiger partial charge in [-0.1, -0.05) is 6.07 Å². The van der Waals surface area contributed by atoms with Crippen LogP contribution in [0.25, 0.3) is 0 Å². The first-order valence-electron chi connectivity index (χ1n) is 7.05. The molecule has 0 fully saturated rings. The number of anilines is 1. The molecule has 2 rings (SSSR count). The van der Waals surface area contributed by atoms with Crippen LogP contribution in [-0.2, 0) is 9.59 Å². The van der Waals surface area contributed by atoms with Crippen molar-refractivity contribution in [3.63, 3.8) is 0 Å². The Hall–Kier alpha value is -2.38. The molecule has 2 amide bonds. The summed E-state index contributed by atoms with van der Waals surface area (Å²) in [6.07, 6.45) is -0.290. The molecule has 6 nitrogen and oxygen atoms in total. The van der Waals surface area contributed by atoms with E-state index in [9.17, 15) is 14.7 Å². The van der Waals surface area contributed by atoms with Crippen LogP contribution in [0.3, 0.4) is 0 Å². The van der Waals surface area contributed by atoms with Gasteiger partial charge in [0.2, 0.25) is 0 Å². The van der Waals surface area contributed by atoms with E-state index in [2.05, 4.69) is 10.6 Å². The summed E-state index contributed by atoms with van der Waals surface area (Å²) >= 11 is 1.45. The Kier molecular flexibility index (Phi) is 6.13. The highest BCUT2D eigenvalue weighted by Gasteiger charge is 2.14. The molecule has 0 aliphatic heterocycles. The first kappa shape index (κ1) is 17.0. The molecule has 0 spiro atoms. The number of hydrogen-bond acceptors (Lipinski definition) is 5. The van der Waals surface area contributed by atoms with Crippen LogP contribution < -0.4 is 15.4 Å². The average Bonchev–Trinajstić information content (AvgIpc) is 3.10. The number of thiophene rings is 1. The third-order valence-corrected chi connectivity index (χ3v) is 4.10. The fourth-order valence-corrected chi connectivity index (χ4v) is 2.63. The van der Waals surface area contributed by atoms with Gasteiger partial charge in [0.05, 0.1) is 13.2 Å². The molecule has 1 atom stereocenters. The maximum atomic E-state index is 11.8. The number of benzene rings is 1. The molecule has 122 valence electrons. The first-order valence-corrected chi connectivity index (χ1v) is 7.93. The molecular formula is C16H18N2O4S. The minimum absolute atomic E-state index is 0.216. The molecular weight excluding hydrogens is 316 g/mol. The summed E-state index contributed by atoms with van der Waals surface area (Å²) in [6.45, 7) is 0.216. The lowest BCUT2D eigenvalue weighted by Gasteiger charge is -2.10. The smallest absolute Gasteiger partial charge is 0.313 e. The Balaban J connectivity index is 1.75. The zero-order chi connectivity index (χ0) is 16.7. The van der Waals surface area contributed by atoms with E-state index >= 15 is 0 Å². The van der Waals surface area contributed by atoms with E-state index in [1.165, 1.54) is 11.3 Å². The van der Waals surface area contributed by atoms with Crippen molar-refractivity contribution in [2.24, 2.45) is 0 Å². The predicted octanol–water partition coefficient (Wildman–Crippen LogP) is 1.94. The zero-order valence-electron chi connectivity index (χ0n) is 12.6. The van der Waals surface area contributed by atoms with Gasteiger partial charge in [-0.3, -0.25) is 9.59 Å². The second kappa shape index (κ2) is 8.30. The molecule has 0 saturated carbocycles. The van der Waals surface area contributed by atoms with Crippen molar-refractivity contribution in [3.8, 4) is 5.75 Å². The van der Waals surface area contributed by atoms with Crippen molar-refractivity contribution < 1.29 is 19.4 Å². The summed E-state index contributed by atoms with van der Waals surface area (Å²) in [5, 5.41) is 16.7. The van der Waals surface area contributed by atoms with Gasteiger partial charge in [-0.15, -0.1) is 11.3 Å². The molecule has 1 aromatic heterocycles. The molecule has 23 heavy (non-hydrogen) atoms. The Morgan fingerprint density at radius 2 is 1.96 bits per heavy atom. The predicted molar refractivity (Wildman–Crippen MR) is 88.5 cm³/mol. The molecule has 1 aromatic carbocycles. The Morgan fingerprint density at radius 3 is 2.57 bits per heavy atom. The third-order valence-electron chi connectivity index (χ3n) is 3.13. The minimum atomic E-state index is -0.749. The van der Waals surface area contributed by atoms with Crippen molar-refractivity contribution in [2.75, 3.05) is 19.0 Å². The maximum absolute atomic E-state index is 11.8. The summed E-state index contributed by atoms with van der Waals surface area (Å²) in [7, 11) is 1.55. The molecule has 7 heteroatoms. The summed E-state index contributed by atoms with van der Waals surface area (Å²) in [6, 6.07) is 10.3. The first-order chi connectivity index (χ1) is 11.1. The monoisotopic (exact) mass is 334 g/mol. The summed E-state index contributed by atoms with van der Waals surface area (Å²) in [5.74, 6) is -0.824. The number of hydrogen-bond donors (Lipinski definition) is 3. The standard InChI is InChI=1S/C16H18N2O4S/c1-22-12-6-4-11(5-7-12)18-16(21)15(20)17-9-8-13(19)14-3-2-10-23-14/h2-7,10,13,19H,8-9H2,1H3,(H,17,20)(H,18,21). The number of rotatable bonds is 6. The van der Waals surface area contributed by atoms with Crippen LogP contribution in [0.2, 0.25) is 0 Å². The number of ether oxygens (including phenoxy) is 1. The molecule has 1 heterocycles. The zero-order valence-corrected chi connectivity index (χ0v) is 13.4. The molecule has 0 bridgehead atoms. The lowest BCUT2D eigenvalue weighted by molar-refractivity contribution is -0.136. The van der Waals surface area contributed by atoms with Crippen LogP contribution in [0.15, 0.2) is 41.8 Å². The van der Waals surface area contributed by atoms with Gasteiger partial charge in [0.15, 0.2) is 0 Å².